The molecule has 0 radical (unpaired) electrons. The number of carboxylic acids is 1. The van der Waals surface area contributed by atoms with Crippen molar-refractivity contribution in [1.29, 1.82) is 0 Å². The molecule has 0 aliphatic carbocycles. The molecule has 4 heteroatoms. The lowest BCUT2D eigenvalue weighted by atomic mass is 9.88. The van der Waals surface area contributed by atoms with Crippen LogP contribution in [0.3, 0.4) is 0 Å². The molecular formula is C10H18FNO2. The van der Waals surface area contributed by atoms with Crippen LogP contribution < -0.4 is 5.32 Å². The van der Waals surface area contributed by atoms with Crippen molar-refractivity contribution in [2.24, 2.45) is 5.92 Å². The average molecular weight is 203 g/mol. The van der Waals surface area contributed by atoms with E-state index in [1.54, 1.807) is 0 Å². The zero-order valence-electron chi connectivity index (χ0n) is 8.34. The molecule has 0 aromatic carbocycles. The summed E-state index contributed by atoms with van der Waals surface area (Å²) < 4.78 is 11.8. The van der Waals surface area contributed by atoms with E-state index >= 15 is 0 Å². The molecule has 1 fully saturated rings. The van der Waals surface area contributed by atoms with Crippen molar-refractivity contribution in [3.63, 3.8) is 0 Å². The van der Waals surface area contributed by atoms with Crippen LogP contribution in [0.15, 0.2) is 0 Å². The molecule has 3 nitrogen and oxygen atoms in total. The SMILES string of the molecule is O=C(O)C1CC(CCCCF)CCN1. The molecule has 0 amide bonds. The molecule has 1 heterocycles. The Bertz CT molecular complexity index is 187. The van der Waals surface area contributed by atoms with E-state index in [4.69, 9.17) is 5.11 Å². The molecule has 14 heavy (non-hydrogen) atoms. The smallest absolute Gasteiger partial charge is 0.320 e. The largest absolute Gasteiger partial charge is 0.480 e. The highest BCUT2D eigenvalue weighted by atomic mass is 19.1. The molecule has 1 saturated heterocycles. The van der Waals surface area contributed by atoms with Gasteiger partial charge in [0.05, 0.1) is 6.67 Å². The lowest BCUT2D eigenvalue weighted by molar-refractivity contribution is -0.140. The van der Waals surface area contributed by atoms with Gasteiger partial charge in [-0.1, -0.05) is 12.8 Å². The van der Waals surface area contributed by atoms with E-state index in [2.05, 4.69) is 5.32 Å². The van der Waals surface area contributed by atoms with Crippen LogP contribution in [0.4, 0.5) is 4.39 Å². The summed E-state index contributed by atoms with van der Waals surface area (Å²) in [6.07, 6.45) is 4.18. The minimum atomic E-state index is -0.764. The van der Waals surface area contributed by atoms with E-state index in [0.717, 1.165) is 25.8 Å². The standard InChI is InChI=1S/C10H18FNO2/c11-5-2-1-3-8-4-6-12-9(7-8)10(13)14/h8-9,12H,1-7H2,(H,13,14). The summed E-state index contributed by atoms with van der Waals surface area (Å²) in [5.74, 6) is -0.302. The summed E-state index contributed by atoms with van der Waals surface area (Å²) in [6, 6.07) is -0.390. The monoisotopic (exact) mass is 203 g/mol. The van der Waals surface area contributed by atoms with Crippen molar-refractivity contribution in [2.45, 2.75) is 38.1 Å². The van der Waals surface area contributed by atoms with Crippen LogP contribution in [0.25, 0.3) is 0 Å². The summed E-state index contributed by atoms with van der Waals surface area (Å²) >= 11 is 0. The Hall–Kier alpha value is -0.640. The molecule has 0 aromatic rings. The molecular weight excluding hydrogens is 185 g/mol. The first-order valence-electron chi connectivity index (χ1n) is 5.26. The molecule has 2 N–H and O–H groups in total. The highest BCUT2D eigenvalue weighted by Gasteiger charge is 2.25. The van der Waals surface area contributed by atoms with E-state index in [9.17, 15) is 9.18 Å². The fourth-order valence-corrected chi connectivity index (χ4v) is 1.97. The third-order valence-electron chi connectivity index (χ3n) is 2.81. The Morgan fingerprint density at radius 2 is 2.29 bits per heavy atom. The number of piperidine rings is 1. The normalized spacial score (nSPS) is 27.5. The minimum absolute atomic E-state index is 0.257. The second-order valence-corrected chi connectivity index (χ2v) is 3.92. The van der Waals surface area contributed by atoms with E-state index in [1.165, 1.54) is 0 Å². The molecule has 0 aromatic heterocycles. The number of halogens is 1. The predicted octanol–water partition coefficient (Wildman–Crippen LogP) is 1.58. The highest BCUT2D eigenvalue weighted by Crippen LogP contribution is 2.22. The summed E-state index contributed by atoms with van der Waals surface area (Å²) in [5.41, 5.74) is 0. The minimum Gasteiger partial charge on any atom is -0.480 e. The number of carboxylic acid groups (broad SMARTS) is 1. The molecule has 1 rings (SSSR count). The van der Waals surface area contributed by atoms with E-state index in [0.29, 0.717) is 18.8 Å². The van der Waals surface area contributed by atoms with Crippen LogP contribution in [-0.4, -0.2) is 30.3 Å². The highest BCUT2D eigenvalue weighted by molar-refractivity contribution is 5.73. The average Bonchev–Trinajstić information content (AvgIpc) is 2.19. The zero-order valence-corrected chi connectivity index (χ0v) is 8.34. The molecule has 2 atom stereocenters. The second kappa shape index (κ2) is 5.96. The lowest BCUT2D eigenvalue weighted by Crippen LogP contribution is -2.43. The molecule has 1 aliphatic heterocycles. The first-order chi connectivity index (χ1) is 6.74. The number of hydrogen-bond donors (Lipinski definition) is 2. The lowest BCUT2D eigenvalue weighted by Gasteiger charge is -2.27. The molecule has 2 unspecified atom stereocenters. The molecule has 0 spiro atoms. The van der Waals surface area contributed by atoms with Gasteiger partial charge >= 0.3 is 5.97 Å². The van der Waals surface area contributed by atoms with Crippen LogP contribution in [0.1, 0.15) is 32.1 Å². The Kier molecular flexibility index (Phi) is 4.87. The third-order valence-corrected chi connectivity index (χ3v) is 2.81. The second-order valence-electron chi connectivity index (χ2n) is 3.92. The van der Waals surface area contributed by atoms with E-state index in [1.807, 2.05) is 0 Å². The van der Waals surface area contributed by atoms with Gasteiger partial charge in [-0.2, -0.15) is 0 Å². The maximum Gasteiger partial charge on any atom is 0.320 e. The number of carbonyl (C=O) groups is 1. The fraction of sp³-hybridized carbons (Fsp3) is 0.900. The number of alkyl halides is 1. The van der Waals surface area contributed by atoms with Gasteiger partial charge < -0.3 is 10.4 Å². The van der Waals surface area contributed by atoms with Crippen LogP contribution in [0.2, 0.25) is 0 Å². The van der Waals surface area contributed by atoms with Crippen molar-refractivity contribution in [1.82, 2.24) is 5.32 Å². The van der Waals surface area contributed by atoms with E-state index < -0.39 is 5.97 Å². The summed E-state index contributed by atoms with van der Waals surface area (Å²) in [6.45, 7) is 0.518. The van der Waals surface area contributed by atoms with Crippen LogP contribution in [-0.2, 0) is 4.79 Å². The number of nitrogens with one attached hydrogen (secondary N) is 1. The Morgan fingerprint density at radius 1 is 1.50 bits per heavy atom. The first-order valence-corrected chi connectivity index (χ1v) is 5.26. The first kappa shape index (κ1) is 11.4. The molecule has 1 aliphatic rings. The third kappa shape index (κ3) is 3.62. The number of hydrogen-bond acceptors (Lipinski definition) is 2. The number of unbranched alkanes of at least 4 members (excludes halogenated alkanes) is 1. The van der Waals surface area contributed by atoms with Crippen molar-refractivity contribution >= 4 is 5.97 Å². The summed E-state index contributed by atoms with van der Waals surface area (Å²) in [5, 5.41) is 11.8. The summed E-state index contributed by atoms with van der Waals surface area (Å²) in [4.78, 5) is 10.7. The molecule has 82 valence electrons. The Morgan fingerprint density at radius 3 is 2.93 bits per heavy atom. The maximum atomic E-state index is 11.8. The molecule has 0 bridgehead atoms. The van der Waals surface area contributed by atoms with Gasteiger partial charge in [0.25, 0.3) is 0 Å². The Labute approximate surface area is 83.7 Å². The summed E-state index contributed by atoms with van der Waals surface area (Å²) in [7, 11) is 0. The van der Waals surface area contributed by atoms with Gasteiger partial charge in [0.15, 0.2) is 0 Å². The zero-order chi connectivity index (χ0) is 10.4. The van der Waals surface area contributed by atoms with Gasteiger partial charge in [0, 0.05) is 0 Å². The van der Waals surface area contributed by atoms with Crippen molar-refractivity contribution < 1.29 is 14.3 Å². The number of aliphatic carboxylic acids is 1. The van der Waals surface area contributed by atoms with Crippen molar-refractivity contribution in [2.75, 3.05) is 13.2 Å². The maximum absolute atomic E-state index is 11.8. The number of rotatable bonds is 5. The predicted molar refractivity (Wildman–Crippen MR) is 52.0 cm³/mol. The van der Waals surface area contributed by atoms with Gasteiger partial charge in [0.1, 0.15) is 6.04 Å². The van der Waals surface area contributed by atoms with Gasteiger partial charge in [-0.25, -0.2) is 0 Å². The fourth-order valence-electron chi connectivity index (χ4n) is 1.97. The van der Waals surface area contributed by atoms with Gasteiger partial charge in [-0.3, -0.25) is 9.18 Å². The molecule has 0 saturated carbocycles. The quantitative estimate of drug-likeness (QED) is 0.667. The van der Waals surface area contributed by atoms with Gasteiger partial charge in [-0.15, -0.1) is 0 Å². The van der Waals surface area contributed by atoms with Crippen LogP contribution in [0, 0.1) is 5.92 Å². The van der Waals surface area contributed by atoms with Crippen LogP contribution >= 0.6 is 0 Å². The topological polar surface area (TPSA) is 49.3 Å². The van der Waals surface area contributed by atoms with E-state index in [-0.39, 0.29) is 12.7 Å². The Balaban J connectivity index is 2.22. The van der Waals surface area contributed by atoms with Gasteiger partial charge in [-0.05, 0) is 31.7 Å². The van der Waals surface area contributed by atoms with Gasteiger partial charge in [0.2, 0.25) is 0 Å². The van der Waals surface area contributed by atoms with Crippen LogP contribution in [0.5, 0.6) is 0 Å². The van der Waals surface area contributed by atoms with Crippen molar-refractivity contribution in [3.8, 4) is 0 Å². The van der Waals surface area contributed by atoms with Crippen molar-refractivity contribution in [3.05, 3.63) is 0 Å².